The molecule has 0 aliphatic rings. The monoisotopic (exact) mass is 174 g/mol. The zero-order valence-corrected chi connectivity index (χ0v) is 8.28. The van der Waals surface area contributed by atoms with E-state index in [0.717, 1.165) is 13.1 Å². The maximum atomic E-state index is 3.38. The topological polar surface area (TPSA) is 24.1 Å². The summed E-state index contributed by atoms with van der Waals surface area (Å²) >= 11 is 0. The van der Waals surface area contributed by atoms with Crippen LogP contribution in [0.15, 0.2) is 0 Å². The summed E-state index contributed by atoms with van der Waals surface area (Å²) in [4.78, 5) is 0. The standard InChI is InChI=1S/C9H22N2.CH4/c1-8(2)10-6-5-7-11-9(3)4;/h8-11H,5-7H2,1-4H3;1H4. The van der Waals surface area contributed by atoms with E-state index >= 15 is 0 Å². The van der Waals surface area contributed by atoms with Gasteiger partial charge in [0.05, 0.1) is 0 Å². The molecule has 76 valence electrons. The van der Waals surface area contributed by atoms with Crippen molar-refractivity contribution in [1.82, 2.24) is 10.6 Å². The molecule has 0 aromatic carbocycles. The highest BCUT2D eigenvalue weighted by atomic mass is 14.9. The predicted octanol–water partition coefficient (Wildman–Crippen LogP) is 2.01. The molecule has 0 saturated heterocycles. The Balaban J connectivity index is 0. The van der Waals surface area contributed by atoms with Crippen molar-refractivity contribution < 1.29 is 0 Å². The molecule has 0 atom stereocenters. The summed E-state index contributed by atoms with van der Waals surface area (Å²) in [6.07, 6.45) is 1.22. The van der Waals surface area contributed by atoms with Crippen molar-refractivity contribution in [2.24, 2.45) is 0 Å². The molecule has 2 heteroatoms. The first kappa shape index (κ1) is 14.4. The van der Waals surface area contributed by atoms with Gasteiger partial charge in [0, 0.05) is 12.1 Å². The summed E-state index contributed by atoms with van der Waals surface area (Å²) < 4.78 is 0. The Labute approximate surface area is 78.1 Å². The summed E-state index contributed by atoms with van der Waals surface area (Å²) in [6, 6.07) is 1.24. The molecular formula is C10H26N2. The third-order valence-electron chi connectivity index (χ3n) is 1.46. The molecule has 0 radical (unpaired) electrons. The summed E-state index contributed by atoms with van der Waals surface area (Å²) in [7, 11) is 0. The second-order valence-electron chi connectivity index (χ2n) is 3.57. The molecule has 0 heterocycles. The first-order valence-electron chi connectivity index (χ1n) is 4.59. The lowest BCUT2D eigenvalue weighted by Crippen LogP contribution is -2.29. The Kier molecular flexibility index (Phi) is 10.8. The minimum Gasteiger partial charge on any atom is -0.314 e. The lowest BCUT2D eigenvalue weighted by Gasteiger charge is -2.09. The maximum absolute atomic E-state index is 3.38. The van der Waals surface area contributed by atoms with E-state index in [1.807, 2.05) is 0 Å². The predicted molar refractivity (Wildman–Crippen MR) is 57.6 cm³/mol. The van der Waals surface area contributed by atoms with E-state index in [1.54, 1.807) is 0 Å². The number of hydrogen-bond acceptors (Lipinski definition) is 2. The Bertz CT molecular complexity index is 69.9. The van der Waals surface area contributed by atoms with E-state index in [4.69, 9.17) is 0 Å². The van der Waals surface area contributed by atoms with Gasteiger partial charge >= 0.3 is 0 Å². The zero-order chi connectivity index (χ0) is 8.69. The second-order valence-corrected chi connectivity index (χ2v) is 3.57. The van der Waals surface area contributed by atoms with E-state index in [2.05, 4.69) is 38.3 Å². The molecule has 0 spiro atoms. The molecule has 0 rings (SSSR count). The first-order valence-corrected chi connectivity index (χ1v) is 4.59. The second kappa shape index (κ2) is 9.01. The number of hydrogen-bond donors (Lipinski definition) is 2. The molecule has 2 nitrogen and oxygen atoms in total. The molecule has 0 aromatic heterocycles. The van der Waals surface area contributed by atoms with Crippen LogP contribution >= 0.6 is 0 Å². The highest BCUT2D eigenvalue weighted by molar-refractivity contribution is 4.56. The van der Waals surface area contributed by atoms with Crippen LogP contribution in [0.4, 0.5) is 0 Å². The number of nitrogens with one attached hydrogen (secondary N) is 2. The van der Waals surface area contributed by atoms with Gasteiger partial charge in [0.25, 0.3) is 0 Å². The molecule has 0 aromatic rings. The van der Waals surface area contributed by atoms with Gasteiger partial charge in [0.2, 0.25) is 0 Å². The maximum Gasteiger partial charge on any atom is 0.00103 e. The van der Waals surface area contributed by atoms with Crippen LogP contribution in [-0.2, 0) is 0 Å². The molecule has 0 fully saturated rings. The lowest BCUT2D eigenvalue weighted by molar-refractivity contribution is 0.523. The van der Waals surface area contributed by atoms with Gasteiger partial charge in [0.15, 0.2) is 0 Å². The average molecular weight is 174 g/mol. The molecule has 0 aliphatic heterocycles. The fraction of sp³-hybridized carbons (Fsp3) is 1.00. The summed E-state index contributed by atoms with van der Waals surface area (Å²) in [5.41, 5.74) is 0. The van der Waals surface area contributed by atoms with Gasteiger partial charge in [-0.25, -0.2) is 0 Å². The van der Waals surface area contributed by atoms with Crippen LogP contribution < -0.4 is 10.6 Å². The van der Waals surface area contributed by atoms with Crippen LogP contribution in [-0.4, -0.2) is 25.2 Å². The van der Waals surface area contributed by atoms with Gasteiger partial charge in [-0.3, -0.25) is 0 Å². The minimum absolute atomic E-state index is 0. The van der Waals surface area contributed by atoms with Crippen molar-refractivity contribution >= 4 is 0 Å². The van der Waals surface area contributed by atoms with Crippen molar-refractivity contribution in [3.8, 4) is 0 Å². The highest BCUT2D eigenvalue weighted by Gasteiger charge is 1.92. The molecule has 0 amide bonds. The summed E-state index contributed by atoms with van der Waals surface area (Å²) in [5.74, 6) is 0. The first-order chi connectivity index (χ1) is 5.13. The molecule has 0 aliphatic carbocycles. The molecule has 0 saturated carbocycles. The molecular weight excluding hydrogens is 148 g/mol. The Morgan fingerprint density at radius 2 is 1.17 bits per heavy atom. The van der Waals surface area contributed by atoms with E-state index < -0.39 is 0 Å². The van der Waals surface area contributed by atoms with Crippen LogP contribution in [0.5, 0.6) is 0 Å². The fourth-order valence-corrected chi connectivity index (χ4v) is 0.870. The van der Waals surface area contributed by atoms with Crippen LogP contribution in [0, 0.1) is 0 Å². The van der Waals surface area contributed by atoms with Crippen molar-refractivity contribution in [3.63, 3.8) is 0 Å². The summed E-state index contributed by atoms with van der Waals surface area (Å²) in [6.45, 7) is 11.0. The van der Waals surface area contributed by atoms with Crippen molar-refractivity contribution in [3.05, 3.63) is 0 Å². The van der Waals surface area contributed by atoms with Gasteiger partial charge in [-0.1, -0.05) is 35.1 Å². The highest BCUT2D eigenvalue weighted by Crippen LogP contribution is 1.81. The largest absolute Gasteiger partial charge is 0.314 e. The summed E-state index contributed by atoms with van der Waals surface area (Å²) in [5, 5.41) is 6.76. The van der Waals surface area contributed by atoms with Crippen LogP contribution in [0.25, 0.3) is 0 Å². The third-order valence-corrected chi connectivity index (χ3v) is 1.46. The van der Waals surface area contributed by atoms with Gasteiger partial charge in [-0.05, 0) is 19.5 Å². The lowest BCUT2D eigenvalue weighted by atomic mass is 10.3. The van der Waals surface area contributed by atoms with E-state index in [-0.39, 0.29) is 7.43 Å². The normalized spacial score (nSPS) is 10.5. The Morgan fingerprint density at radius 3 is 1.42 bits per heavy atom. The average Bonchev–Trinajstić information content (AvgIpc) is 1.85. The quantitative estimate of drug-likeness (QED) is 0.602. The molecule has 2 N–H and O–H groups in total. The number of rotatable bonds is 6. The Morgan fingerprint density at radius 1 is 0.833 bits per heavy atom. The van der Waals surface area contributed by atoms with Gasteiger partial charge in [-0.2, -0.15) is 0 Å². The van der Waals surface area contributed by atoms with E-state index in [9.17, 15) is 0 Å². The van der Waals surface area contributed by atoms with Crippen LogP contribution in [0.2, 0.25) is 0 Å². The zero-order valence-electron chi connectivity index (χ0n) is 8.28. The fourth-order valence-electron chi connectivity index (χ4n) is 0.870. The Hall–Kier alpha value is -0.0800. The van der Waals surface area contributed by atoms with Crippen molar-refractivity contribution in [1.29, 1.82) is 0 Å². The van der Waals surface area contributed by atoms with E-state index in [1.165, 1.54) is 6.42 Å². The van der Waals surface area contributed by atoms with Gasteiger partial charge < -0.3 is 10.6 Å². The molecule has 0 unspecified atom stereocenters. The molecule has 0 bridgehead atoms. The van der Waals surface area contributed by atoms with Gasteiger partial charge in [-0.15, -0.1) is 0 Å². The van der Waals surface area contributed by atoms with Crippen molar-refractivity contribution in [2.45, 2.75) is 53.6 Å². The minimum atomic E-state index is 0. The molecule has 12 heavy (non-hydrogen) atoms. The van der Waals surface area contributed by atoms with Crippen molar-refractivity contribution in [2.75, 3.05) is 13.1 Å². The smallest absolute Gasteiger partial charge is 0.00103 e. The van der Waals surface area contributed by atoms with Crippen LogP contribution in [0.1, 0.15) is 41.5 Å². The van der Waals surface area contributed by atoms with Gasteiger partial charge in [0.1, 0.15) is 0 Å². The third kappa shape index (κ3) is 12.6. The van der Waals surface area contributed by atoms with Crippen LogP contribution in [0.3, 0.4) is 0 Å². The van der Waals surface area contributed by atoms with E-state index in [0.29, 0.717) is 12.1 Å². The SMILES string of the molecule is C.CC(C)NCCCNC(C)C.